The van der Waals surface area contributed by atoms with Gasteiger partial charge in [0.05, 0.1) is 12.7 Å². The lowest BCUT2D eigenvalue weighted by molar-refractivity contribution is -0.355. The van der Waals surface area contributed by atoms with Gasteiger partial charge in [-0.25, -0.2) is 4.79 Å². The summed E-state index contributed by atoms with van der Waals surface area (Å²) < 4.78 is 45.4. The lowest BCUT2D eigenvalue weighted by atomic mass is 9.97. The molecule has 22 heteroatoms. The summed E-state index contributed by atoms with van der Waals surface area (Å²) in [6, 6.07) is 13.1. The molecule has 346 valence electrons. The van der Waals surface area contributed by atoms with E-state index in [9.17, 15) is 70.9 Å². The maximum absolute atomic E-state index is 14.0. The summed E-state index contributed by atoms with van der Waals surface area (Å²) in [5, 5.41) is 124. The average molecular weight is 903 g/mol. The number of ether oxygens (including phenoxy) is 7. The number of phenolic OH excluding ortho intramolecular Hbond substituents is 3. The van der Waals surface area contributed by atoms with E-state index in [0.717, 1.165) is 18.2 Å². The predicted molar refractivity (Wildman–Crippen MR) is 212 cm³/mol. The number of esters is 1. The Morgan fingerprint density at radius 2 is 1.33 bits per heavy atom. The maximum Gasteiger partial charge on any atom is 0.330 e. The second kappa shape index (κ2) is 19.3. The zero-order valence-electron chi connectivity index (χ0n) is 33.5. The monoisotopic (exact) mass is 902 g/mol. The molecule has 3 aliphatic heterocycles. The molecule has 0 bridgehead atoms. The fourth-order valence-electron chi connectivity index (χ4n) is 7.19. The first-order chi connectivity index (χ1) is 30.4. The van der Waals surface area contributed by atoms with Crippen LogP contribution in [0.5, 0.6) is 28.7 Å². The van der Waals surface area contributed by atoms with Crippen molar-refractivity contribution < 1.29 is 104 Å². The largest absolute Gasteiger partial charge is 0.508 e. The molecule has 15 atom stereocenters. The summed E-state index contributed by atoms with van der Waals surface area (Å²) in [6.07, 6.45) is -22.8. The van der Waals surface area contributed by atoms with Crippen LogP contribution >= 0.6 is 0 Å². The van der Waals surface area contributed by atoms with Gasteiger partial charge in [0.15, 0.2) is 18.2 Å². The number of aliphatic hydroxyl groups is 9. The molecule has 3 fully saturated rings. The third-order valence-corrected chi connectivity index (χ3v) is 10.8. The Labute approximate surface area is 361 Å². The molecule has 7 unspecified atom stereocenters. The number of aliphatic hydroxyl groups excluding tert-OH is 9. The number of rotatable bonds is 12. The number of benzene rings is 3. The molecule has 1 aromatic heterocycles. The number of aromatic hydroxyl groups is 3. The maximum atomic E-state index is 14.0. The molecule has 0 spiro atoms. The normalized spacial score (nSPS) is 33.2. The molecule has 0 saturated carbocycles. The number of carbonyl (C=O) groups is 1. The van der Waals surface area contributed by atoms with Gasteiger partial charge in [0.2, 0.25) is 23.8 Å². The molecule has 0 aliphatic carbocycles. The second-order valence-electron chi connectivity index (χ2n) is 15.2. The Bertz CT molecular complexity index is 2330. The third kappa shape index (κ3) is 9.64. The first-order valence-electron chi connectivity index (χ1n) is 19.7. The molecule has 4 aromatic rings. The summed E-state index contributed by atoms with van der Waals surface area (Å²) in [5.41, 5.74) is -0.638. The van der Waals surface area contributed by atoms with Crippen molar-refractivity contribution in [1.29, 1.82) is 0 Å². The van der Waals surface area contributed by atoms with Gasteiger partial charge < -0.3 is 98.9 Å². The molecule has 64 heavy (non-hydrogen) atoms. The van der Waals surface area contributed by atoms with E-state index in [-0.39, 0.29) is 28.4 Å². The quantitative estimate of drug-likeness (QED) is 0.0543. The minimum atomic E-state index is -2.03. The van der Waals surface area contributed by atoms with E-state index in [0.29, 0.717) is 5.56 Å². The van der Waals surface area contributed by atoms with E-state index in [1.54, 1.807) is 0 Å². The zero-order valence-corrected chi connectivity index (χ0v) is 33.5. The molecular weight excluding hydrogens is 856 g/mol. The smallest absolute Gasteiger partial charge is 0.330 e. The van der Waals surface area contributed by atoms with E-state index in [2.05, 4.69) is 0 Å². The molecule has 3 saturated heterocycles. The highest BCUT2D eigenvalue weighted by molar-refractivity contribution is 5.88. The molecule has 3 aliphatic rings. The fraction of sp³-hybridized carbons (Fsp3) is 0.429. The van der Waals surface area contributed by atoms with Crippen LogP contribution in [0.2, 0.25) is 0 Å². The predicted octanol–water partition coefficient (Wildman–Crippen LogP) is -1.95. The van der Waals surface area contributed by atoms with Gasteiger partial charge in [-0.05, 0) is 55.0 Å². The topological polar surface area (TPSA) is 355 Å². The molecule has 4 heterocycles. The first-order valence-corrected chi connectivity index (χ1v) is 19.7. The Kier molecular flexibility index (Phi) is 14.1. The van der Waals surface area contributed by atoms with E-state index in [1.807, 2.05) is 0 Å². The summed E-state index contributed by atoms with van der Waals surface area (Å²) >= 11 is 0. The number of hydrogen-bond donors (Lipinski definition) is 12. The van der Waals surface area contributed by atoms with Gasteiger partial charge in [0.25, 0.3) is 0 Å². The van der Waals surface area contributed by atoms with Gasteiger partial charge in [0, 0.05) is 23.8 Å². The molecule has 0 amide bonds. The standard InChI is InChI=1S/C42H46O22/c1-16-28(48)34(54)39(42(58-16)63-38-31(51)27-22(46)12-20(45)13-23(27)60-37(38)18-5-7-19(44)8-6-18)64-41-36(56)33(53)30(50)25(62-41)15-57-26(47)11-4-17-2-9-21(10-3-17)59-40-35(55)32(52)29(49)24(14-43)61-40/h2-13,16,24-25,28-30,32-36,39-46,48-50,52-56H,14-15H2,1H3/b11-4+/t16?,24?,25?,28-,29+,30+,32-,33?,34?,35?,36?,39-,40+,41-,42+/m0/s1. The Hall–Kier alpha value is -5.44. The Morgan fingerprint density at radius 3 is 2.00 bits per heavy atom. The molecular formula is C42H46O22. The van der Waals surface area contributed by atoms with E-state index in [4.69, 9.17) is 37.6 Å². The highest BCUT2D eigenvalue weighted by Gasteiger charge is 2.51. The van der Waals surface area contributed by atoms with Crippen LogP contribution < -0.4 is 14.9 Å². The minimum Gasteiger partial charge on any atom is -0.508 e. The van der Waals surface area contributed by atoms with Crippen LogP contribution in [0, 0.1) is 0 Å². The second-order valence-corrected chi connectivity index (χ2v) is 15.2. The van der Waals surface area contributed by atoms with Gasteiger partial charge in [-0.1, -0.05) is 12.1 Å². The number of fused-ring (bicyclic) bond motifs is 1. The van der Waals surface area contributed by atoms with Crippen molar-refractivity contribution in [2.24, 2.45) is 0 Å². The van der Waals surface area contributed by atoms with Crippen LogP contribution in [-0.2, 0) is 28.5 Å². The number of hydrogen-bond acceptors (Lipinski definition) is 22. The van der Waals surface area contributed by atoms with Gasteiger partial charge in [-0.3, -0.25) is 4.79 Å². The summed E-state index contributed by atoms with van der Waals surface area (Å²) in [7, 11) is 0. The average Bonchev–Trinajstić information content (AvgIpc) is 3.27. The van der Waals surface area contributed by atoms with Crippen LogP contribution in [0.15, 0.2) is 76.0 Å². The molecule has 22 nitrogen and oxygen atoms in total. The van der Waals surface area contributed by atoms with E-state index in [1.165, 1.54) is 61.5 Å². The van der Waals surface area contributed by atoms with Gasteiger partial charge in [0.1, 0.15) is 102 Å². The van der Waals surface area contributed by atoms with Crippen LogP contribution in [0.3, 0.4) is 0 Å². The Balaban J connectivity index is 1.04. The highest BCUT2D eigenvalue weighted by Crippen LogP contribution is 2.38. The third-order valence-electron chi connectivity index (χ3n) is 10.8. The molecule has 7 rings (SSSR count). The van der Waals surface area contributed by atoms with Crippen LogP contribution in [0.4, 0.5) is 0 Å². The van der Waals surface area contributed by atoms with Crippen molar-refractivity contribution in [2.75, 3.05) is 13.2 Å². The lowest BCUT2D eigenvalue weighted by Crippen LogP contribution is -2.64. The zero-order chi connectivity index (χ0) is 46.1. The van der Waals surface area contributed by atoms with Crippen molar-refractivity contribution in [1.82, 2.24) is 0 Å². The fourth-order valence-corrected chi connectivity index (χ4v) is 7.19. The van der Waals surface area contributed by atoms with Crippen LogP contribution in [-0.4, -0.2) is 173 Å². The van der Waals surface area contributed by atoms with Crippen molar-refractivity contribution in [3.05, 3.63) is 82.5 Å². The van der Waals surface area contributed by atoms with Crippen LogP contribution in [0.25, 0.3) is 28.4 Å². The van der Waals surface area contributed by atoms with E-state index < -0.39 is 139 Å². The summed E-state index contributed by atoms with van der Waals surface area (Å²) in [5.74, 6) is -2.96. The van der Waals surface area contributed by atoms with Crippen molar-refractivity contribution in [3.63, 3.8) is 0 Å². The summed E-state index contributed by atoms with van der Waals surface area (Å²) in [4.78, 5) is 26.7. The SMILES string of the molecule is CC1O[C@H](Oc2c(-c3ccc(O)cc3)oc3cc(O)cc(O)c3c2=O)[C@@H](O[C@@H]2OC(COC(=O)/C=C/c3ccc(O[C@@H]4OC(CO)[C@@H](O)[C@H](O)C4O)cc3)[C@@H](O)C(O)C2O)C(O)[C@H]1O. The van der Waals surface area contributed by atoms with Crippen LogP contribution in [0.1, 0.15) is 12.5 Å². The lowest BCUT2D eigenvalue weighted by Gasteiger charge is -2.45. The minimum absolute atomic E-state index is 0.142. The van der Waals surface area contributed by atoms with Crippen molar-refractivity contribution in [2.45, 2.75) is 99.0 Å². The van der Waals surface area contributed by atoms with E-state index >= 15 is 0 Å². The highest BCUT2D eigenvalue weighted by atomic mass is 16.8. The molecule has 3 aromatic carbocycles. The molecule has 0 radical (unpaired) electrons. The van der Waals surface area contributed by atoms with Gasteiger partial charge >= 0.3 is 5.97 Å². The summed E-state index contributed by atoms with van der Waals surface area (Å²) in [6.45, 7) is 0.00854. The van der Waals surface area contributed by atoms with Crippen molar-refractivity contribution in [3.8, 4) is 40.1 Å². The number of carbonyl (C=O) groups excluding carboxylic acids is 1. The Morgan fingerprint density at radius 1 is 0.688 bits per heavy atom. The first kappa shape index (κ1) is 46.5. The number of phenols is 3. The van der Waals surface area contributed by atoms with Gasteiger partial charge in [-0.2, -0.15) is 0 Å². The molecule has 12 N–H and O–H groups in total. The van der Waals surface area contributed by atoms with Gasteiger partial charge in [-0.15, -0.1) is 0 Å². The van der Waals surface area contributed by atoms with Crippen molar-refractivity contribution >= 4 is 23.0 Å².